The van der Waals surface area contributed by atoms with Gasteiger partial charge < -0.3 is 9.47 Å². The maximum Gasteiger partial charge on any atom is 0.416 e. The fraction of sp³-hybridized carbons (Fsp3) is 0.391. The minimum atomic E-state index is -4.48. The van der Waals surface area contributed by atoms with Gasteiger partial charge in [-0.05, 0) is 49.2 Å². The lowest BCUT2D eigenvalue weighted by Gasteiger charge is -2.41. The lowest BCUT2D eigenvalue weighted by molar-refractivity contribution is -0.231. The molecule has 0 spiro atoms. The number of alkyl halides is 3. The van der Waals surface area contributed by atoms with Crippen molar-refractivity contribution in [3.8, 4) is 0 Å². The number of nitrogens with one attached hydrogen (secondary N) is 2. The Labute approximate surface area is 192 Å². The van der Waals surface area contributed by atoms with Gasteiger partial charge in [-0.3, -0.25) is 9.88 Å². The van der Waals surface area contributed by atoms with Gasteiger partial charge in [-0.2, -0.15) is 18.3 Å². The molecule has 1 aromatic heterocycles. The summed E-state index contributed by atoms with van der Waals surface area (Å²) in [6, 6.07) is 9.10. The van der Waals surface area contributed by atoms with Gasteiger partial charge in [0.05, 0.1) is 30.9 Å². The van der Waals surface area contributed by atoms with Crippen LogP contribution in [0.2, 0.25) is 0 Å². The molecular weight excluding hydrogens is 456 g/mol. The molecule has 11 heteroatoms. The number of ether oxygens (including phenoxy) is 2. The largest absolute Gasteiger partial charge is 0.416 e. The maximum absolute atomic E-state index is 13.6. The number of benzene rings is 2. The van der Waals surface area contributed by atoms with E-state index in [2.05, 4.69) is 15.2 Å². The summed E-state index contributed by atoms with van der Waals surface area (Å²) in [5, 5.41) is 6.26. The number of nitrogens with zero attached hydrogens (tertiary/aromatic N) is 2. The van der Waals surface area contributed by atoms with Crippen molar-refractivity contribution in [3.63, 3.8) is 0 Å². The molecule has 0 saturated carbocycles. The van der Waals surface area contributed by atoms with Crippen LogP contribution in [0.15, 0.2) is 47.3 Å². The predicted octanol–water partition coefficient (Wildman–Crippen LogP) is 4.24. The molecule has 0 bridgehead atoms. The summed E-state index contributed by atoms with van der Waals surface area (Å²) >= 11 is 0. The van der Waals surface area contributed by atoms with Crippen molar-refractivity contribution in [2.24, 2.45) is 0 Å². The molecule has 1 fully saturated rings. The Hall–Kier alpha value is -3.02. The topological polar surface area (TPSA) is 83.2 Å². The van der Waals surface area contributed by atoms with Crippen molar-refractivity contribution in [2.45, 2.75) is 45.0 Å². The molecule has 1 aliphatic rings. The molecule has 0 amide bonds. The molecule has 0 aliphatic carbocycles. The zero-order chi connectivity index (χ0) is 24.5. The Balaban J connectivity index is 1.62. The van der Waals surface area contributed by atoms with E-state index in [1.54, 1.807) is 32.0 Å². The minimum Gasteiger partial charge on any atom is -0.349 e. The van der Waals surface area contributed by atoms with Crippen molar-refractivity contribution < 1.29 is 27.0 Å². The first kappa shape index (κ1) is 24.1. The first-order chi connectivity index (χ1) is 16.1. The Bertz CT molecular complexity index is 1180. The molecular formula is C23H24F4N4O3. The van der Waals surface area contributed by atoms with Gasteiger partial charge in [-0.15, -0.1) is 0 Å². The standard InChI is InChI=1S/C23H24F4N4O3/c1-13-9-16(11-17(10-13)23(25,26)27)14(2)34-21-20(15-3-5-18(24)6-4-15)31(7-8-33-21)12-19-28-22(32)30-29-19/h3-6,9-11,14,20-21H,7-8,12H2,1-2H3,(H2,28,29,30,32). The summed E-state index contributed by atoms with van der Waals surface area (Å²) < 4.78 is 65.5. The first-order valence-electron chi connectivity index (χ1n) is 10.7. The van der Waals surface area contributed by atoms with Crippen LogP contribution in [-0.2, 0) is 22.2 Å². The SMILES string of the molecule is Cc1cc(C(C)OC2OCCN(Cc3n[nH]c(=O)[nH]3)C2c2ccc(F)cc2)cc(C(F)(F)F)c1. The molecule has 3 unspecified atom stereocenters. The number of hydrogen-bond donors (Lipinski definition) is 2. The van der Waals surface area contributed by atoms with E-state index >= 15 is 0 Å². The highest BCUT2D eigenvalue weighted by atomic mass is 19.4. The quantitative estimate of drug-likeness (QED) is 0.516. The molecule has 1 aliphatic heterocycles. The van der Waals surface area contributed by atoms with Gasteiger partial charge in [-0.25, -0.2) is 14.3 Å². The molecule has 182 valence electrons. The molecule has 4 rings (SSSR count). The molecule has 2 aromatic carbocycles. The first-order valence-corrected chi connectivity index (χ1v) is 10.7. The highest BCUT2D eigenvalue weighted by Crippen LogP contribution is 2.36. The lowest BCUT2D eigenvalue weighted by Crippen LogP contribution is -2.46. The molecule has 2 heterocycles. The maximum atomic E-state index is 13.6. The highest BCUT2D eigenvalue weighted by Gasteiger charge is 2.37. The van der Waals surface area contributed by atoms with Crippen LogP contribution in [0.1, 0.15) is 47.1 Å². The molecule has 3 atom stereocenters. The molecule has 1 saturated heterocycles. The van der Waals surface area contributed by atoms with E-state index in [9.17, 15) is 22.4 Å². The van der Waals surface area contributed by atoms with Crippen LogP contribution in [-0.4, -0.2) is 39.5 Å². The molecule has 7 nitrogen and oxygen atoms in total. The van der Waals surface area contributed by atoms with E-state index < -0.39 is 41.7 Å². The van der Waals surface area contributed by atoms with E-state index in [0.717, 1.165) is 12.1 Å². The van der Waals surface area contributed by atoms with Crippen LogP contribution >= 0.6 is 0 Å². The number of morpholine rings is 1. The Kier molecular flexibility index (Phi) is 6.87. The van der Waals surface area contributed by atoms with Crippen LogP contribution in [0.5, 0.6) is 0 Å². The Morgan fingerprint density at radius 2 is 1.97 bits per heavy atom. The number of hydrogen-bond acceptors (Lipinski definition) is 5. The van der Waals surface area contributed by atoms with Crippen LogP contribution in [0.3, 0.4) is 0 Å². The third-order valence-electron chi connectivity index (χ3n) is 5.66. The van der Waals surface area contributed by atoms with Gasteiger partial charge in [0, 0.05) is 6.54 Å². The Morgan fingerprint density at radius 1 is 1.24 bits per heavy atom. The number of halogens is 4. The molecule has 0 radical (unpaired) electrons. The molecule has 34 heavy (non-hydrogen) atoms. The summed E-state index contributed by atoms with van der Waals surface area (Å²) in [5.74, 6) is -0.00625. The number of H-pyrrole nitrogens is 2. The smallest absolute Gasteiger partial charge is 0.349 e. The molecule has 3 aromatic rings. The zero-order valence-corrected chi connectivity index (χ0v) is 18.5. The number of aromatic nitrogens is 3. The summed E-state index contributed by atoms with van der Waals surface area (Å²) in [7, 11) is 0. The molecule has 2 N–H and O–H groups in total. The van der Waals surface area contributed by atoms with Gasteiger partial charge in [0.15, 0.2) is 6.29 Å². The van der Waals surface area contributed by atoms with E-state index in [4.69, 9.17) is 9.47 Å². The number of aromatic amines is 2. The second kappa shape index (κ2) is 9.69. The minimum absolute atomic E-state index is 0.251. The van der Waals surface area contributed by atoms with Crippen LogP contribution < -0.4 is 5.69 Å². The monoisotopic (exact) mass is 480 g/mol. The third kappa shape index (κ3) is 5.54. The van der Waals surface area contributed by atoms with Crippen molar-refractivity contribution in [1.82, 2.24) is 20.1 Å². The van der Waals surface area contributed by atoms with Crippen molar-refractivity contribution in [2.75, 3.05) is 13.2 Å². The summed E-state index contributed by atoms with van der Waals surface area (Å²) in [4.78, 5) is 16.0. The fourth-order valence-corrected chi connectivity index (χ4v) is 4.07. The summed E-state index contributed by atoms with van der Waals surface area (Å²) in [5.41, 5.74) is 0.326. The second-order valence-corrected chi connectivity index (χ2v) is 8.24. The second-order valence-electron chi connectivity index (χ2n) is 8.24. The van der Waals surface area contributed by atoms with Gasteiger partial charge in [0.2, 0.25) is 0 Å². The zero-order valence-electron chi connectivity index (χ0n) is 18.5. The van der Waals surface area contributed by atoms with E-state index in [0.29, 0.717) is 29.1 Å². The van der Waals surface area contributed by atoms with Crippen LogP contribution in [0.25, 0.3) is 0 Å². The number of rotatable bonds is 6. The van der Waals surface area contributed by atoms with Crippen molar-refractivity contribution in [1.29, 1.82) is 0 Å². The van der Waals surface area contributed by atoms with Crippen molar-refractivity contribution >= 4 is 0 Å². The average Bonchev–Trinajstić information content (AvgIpc) is 3.18. The van der Waals surface area contributed by atoms with Gasteiger partial charge in [-0.1, -0.05) is 23.8 Å². The van der Waals surface area contributed by atoms with E-state index in [-0.39, 0.29) is 13.2 Å². The lowest BCUT2D eigenvalue weighted by atomic mass is 10.0. The third-order valence-corrected chi connectivity index (χ3v) is 5.66. The predicted molar refractivity (Wildman–Crippen MR) is 114 cm³/mol. The summed E-state index contributed by atoms with van der Waals surface area (Å²) in [6.45, 7) is 4.25. The van der Waals surface area contributed by atoms with E-state index in [1.807, 2.05) is 4.90 Å². The fourth-order valence-electron chi connectivity index (χ4n) is 4.07. The van der Waals surface area contributed by atoms with Gasteiger partial charge in [0.25, 0.3) is 0 Å². The normalized spacial score (nSPS) is 20.4. The van der Waals surface area contributed by atoms with E-state index in [1.165, 1.54) is 12.1 Å². The highest BCUT2D eigenvalue weighted by molar-refractivity contribution is 5.32. The average molecular weight is 480 g/mol. The Morgan fingerprint density at radius 3 is 2.62 bits per heavy atom. The van der Waals surface area contributed by atoms with Crippen LogP contribution in [0.4, 0.5) is 17.6 Å². The van der Waals surface area contributed by atoms with Gasteiger partial charge >= 0.3 is 11.9 Å². The van der Waals surface area contributed by atoms with Gasteiger partial charge in [0.1, 0.15) is 11.6 Å². The number of aryl methyl sites for hydroxylation is 1. The van der Waals surface area contributed by atoms with Crippen molar-refractivity contribution in [3.05, 3.63) is 86.8 Å². The summed E-state index contributed by atoms with van der Waals surface area (Å²) in [6.07, 6.45) is -6.07. The van der Waals surface area contributed by atoms with Crippen LogP contribution in [0, 0.1) is 12.7 Å².